The van der Waals surface area contributed by atoms with Gasteiger partial charge >= 0.3 is 0 Å². The Morgan fingerprint density at radius 2 is 2.12 bits per heavy atom. The zero-order valence-electron chi connectivity index (χ0n) is 14.3. The topological polar surface area (TPSA) is 112 Å². The highest BCUT2D eigenvalue weighted by atomic mass is 35.5. The number of fused-ring (bicyclic) bond motifs is 3. The largest absolute Gasteiger partial charge is 0.403 e. The minimum Gasteiger partial charge on any atom is -0.403 e. The van der Waals surface area contributed by atoms with E-state index in [1.54, 1.807) is 18.5 Å². The Morgan fingerprint density at radius 3 is 2.81 bits per heavy atom. The van der Waals surface area contributed by atoms with Crippen LogP contribution in [0.15, 0.2) is 40.9 Å². The van der Waals surface area contributed by atoms with Crippen molar-refractivity contribution < 1.29 is 4.52 Å². The number of benzene rings is 1. The number of hydrazine groups is 1. The van der Waals surface area contributed by atoms with Crippen molar-refractivity contribution in [2.45, 2.75) is 26.2 Å². The Kier molecular flexibility index (Phi) is 3.93. The van der Waals surface area contributed by atoms with E-state index in [2.05, 4.69) is 15.1 Å². The summed E-state index contributed by atoms with van der Waals surface area (Å²) in [6, 6.07) is 5.48. The van der Waals surface area contributed by atoms with Gasteiger partial charge in [0.25, 0.3) is 5.89 Å². The predicted octanol–water partition coefficient (Wildman–Crippen LogP) is 2.74. The third kappa shape index (κ3) is 2.54. The third-order valence-corrected chi connectivity index (χ3v) is 4.57. The fourth-order valence-electron chi connectivity index (χ4n) is 2.94. The maximum Gasteiger partial charge on any atom is 0.278 e. The fourth-order valence-corrected chi connectivity index (χ4v) is 3.10. The van der Waals surface area contributed by atoms with Gasteiger partial charge < -0.3 is 10.3 Å². The summed E-state index contributed by atoms with van der Waals surface area (Å²) in [6.45, 7) is 4.01. The Balaban J connectivity index is 1.92. The van der Waals surface area contributed by atoms with E-state index in [1.165, 1.54) is 11.2 Å². The maximum atomic E-state index is 6.28. The molecule has 134 valence electrons. The van der Waals surface area contributed by atoms with Gasteiger partial charge in [0, 0.05) is 23.6 Å². The Hall–Kier alpha value is -2.84. The van der Waals surface area contributed by atoms with Crippen LogP contribution in [0.4, 0.5) is 5.69 Å². The summed E-state index contributed by atoms with van der Waals surface area (Å²) >= 11 is 6.16. The lowest BCUT2D eigenvalue weighted by Crippen LogP contribution is -2.31. The summed E-state index contributed by atoms with van der Waals surface area (Å²) in [7, 11) is 0. The standard InChI is InChI=1S/C17H18ClN7O/c1-9(2)16-22-17(26-23-16)15-14-6-11(7-19)25(20)13-5-10(18)3-4-12(13)24(14)8-21-15/h3-5,7-9H,6,19-20H2,1-2H3/b11-7-. The van der Waals surface area contributed by atoms with Crippen LogP contribution in [0.5, 0.6) is 0 Å². The molecule has 0 amide bonds. The molecule has 0 saturated carbocycles. The molecular weight excluding hydrogens is 354 g/mol. The molecule has 1 aliphatic rings. The maximum absolute atomic E-state index is 6.28. The highest BCUT2D eigenvalue weighted by Crippen LogP contribution is 2.36. The first-order valence-electron chi connectivity index (χ1n) is 8.15. The number of nitrogens with two attached hydrogens (primary N) is 2. The second-order valence-corrected chi connectivity index (χ2v) is 6.80. The van der Waals surface area contributed by atoms with E-state index in [9.17, 15) is 0 Å². The number of aromatic nitrogens is 4. The molecule has 4 rings (SSSR count). The molecule has 0 unspecified atom stereocenters. The molecule has 1 aliphatic heterocycles. The van der Waals surface area contributed by atoms with Crippen molar-refractivity contribution in [1.29, 1.82) is 0 Å². The summed E-state index contributed by atoms with van der Waals surface area (Å²) < 4.78 is 7.37. The lowest BCUT2D eigenvalue weighted by molar-refractivity contribution is 0.418. The Labute approximate surface area is 155 Å². The molecule has 0 radical (unpaired) electrons. The number of halogens is 1. The first-order chi connectivity index (χ1) is 12.5. The van der Waals surface area contributed by atoms with Crippen molar-refractivity contribution in [1.82, 2.24) is 19.7 Å². The number of rotatable bonds is 2. The minimum absolute atomic E-state index is 0.163. The van der Waals surface area contributed by atoms with Gasteiger partial charge in [0.05, 0.1) is 22.8 Å². The monoisotopic (exact) mass is 371 g/mol. The molecule has 3 aromatic rings. The summed E-state index contributed by atoms with van der Waals surface area (Å²) in [6.07, 6.45) is 3.64. The number of hydrogen-bond acceptors (Lipinski definition) is 7. The quantitative estimate of drug-likeness (QED) is 0.666. The molecule has 4 N–H and O–H groups in total. The average molecular weight is 372 g/mol. The van der Waals surface area contributed by atoms with E-state index in [0.717, 1.165) is 17.1 Å². The Bertz CT molecular complexity index is 1000. The van der Waals surface area contributed by atoms with Gasteiger partial charge in [0.2, 0.25) is 0 Å². The van der Waals surface area contributed by atoms with Crippen LogP contribution < -0.4 is 16.6 Å². The number of anilines is 1. The van der Waals surface area contributed by atoms with Crippen LogP contribution in [0.1, 0.15) is 31.3 Å². The molecule has 0 fully saturated rings. The highest BCUT2D eigenvalue weighted by molar-refractivity contribution is 6.31. The second-order valence-electron chi connectivity index (χ2n) is 6.36. The van der Waals surface area contributed by atoms with E-state index >= 15 is 0 Å². The number of imidazole rings is 1. The molecule has 0 atom stereocenters. The molecular formula is C17H18ClN7O. The van der Waals surface area contributed by atoms with Gasteiger partial charge in [0.15, 0.2) is 11.5 Å². The molecule has 9 heteroatoms. The van der Waals surface area contributed by atoms with Crippen LogP contribution in [0.3, 0.4) is 0 Å². The van der Waals surface area contributed by atoms with E-state index < -0.39 is 0 Å². The van der Waals surface area contributed by atoms with Crippen LogP contribution in [0.25, 0.3) is 17.3 Å². The van der Waals surface area contributed by atoms with Gasteiger partial charge in [-0.05, 0) is 18.2 Å². The smallest absolute Gasteiger partial charge is 0.278 e. The van der Waals surface area contributed by atoms with Gasteiger partial charge in [-0.3, -0.25) is 9.58 Å². The van der Waals surface area contributed by atoms with Crippen LogP contribution in [0.2, 0.25) is 5.02 Å². The van der Waals surface area contributed by atoms with Crippen molar-refractivity contribution in [2.75, 3.05) is 5.01 Å². The van der Waals surface area contributed by atoms with Crippen molar-refractivity contribution in [3.63, 3.8) is 0 Å². The van der Waals surface area contributed by atoms with Crippen LogP contribution in [-0.2, 0) is 6.42 Å². The number of nitrogens with zero attached hydrogens (tertiary/aromatic N) is 5. The van der Waals surface area contributed by atoms with Gasteiger partial charge in [-0.15, -0.1) is 0 Å². The zero-order chi connectivity index (χ0) is 18.4. The van der Waals surface area contributed by atoms with E-state index in [4.69, 9.17) is 27.7 Å². The number of hydrogen-bond donors (Lipinski definition) is 2. The van der Waals surface area contributed by atoms with Crippen LogP contribution >= 0.6 is 11.6 Å². The summed E-state index contributed by atoms with van der Waals surface area (Å²) in [4.78, 5) is 8.96. The minimum atomic E-state index is 0.163. The fraction of sp³-hybridized carbons (Fsp3) is 0.235. The van der Waals surface area contributed by atoms with E-state index in [1.807, 2.05) is 24.5 Å². The van der Waals surface area contributed by atoms with Gasteiger partial charge in [-0.2, -0.15) is 4.98 Å². The van der Waals surface area contributed by atoms with Crippen molar-refractivity contribution in [3.05, 3.63) is 53.0 Å². The summed E-state index contributed by atoms with van der Waals surface area (Å²) in [5.74, 6) is 7.46. The van der Waals surface area contributed by atoms with Gasteiger partial charge in [-0.25, -0.2) is 10.8 Å². The normalized spacial score (nSPS) is 15.3. The summed E-state index contributed by atoms with van der Waals surface area (Å²) in [5, 5.41) is 6.14. The molecule has 0 saturated heterocycles. The van der Waals surface area contributed by atoms with Crippen molar-refractivity contribution in [3.8, 4) is 17.3 Å². The SMILES string of the molecule is CC(C)c1noc(-c2ncn3c2C/C(=C/N)N(N)c2cc(Cl)ccc2-3)n1. The van der Waals surface area contributed by atoms with Crippen LogP contribution in [-0.4, -0.2) is 19.7 Å². The lowest BCUT2D eigenvalue weighted by atomic mass is 10.2. The molecule has 3 heterocycles. The lowest BCUT2D eigenvalue weighted by Gasteiger charge is -2.21. The first-order valence-corrected chi connectivity index (χ1v) is 8.53. The molecule has 0 aliphatic carbocycles. The van der Waals surface area contributed by atoms with Gasteiger partial charge in [0.1, 0.15) is 6.33 Å². The van der Waals surface area contributed by atoms with E-state index in [0.29, 0.717) is 34.5 Å². The predicted molar refractivity (Wildman–Crippen MR) is 98.6 cm³/mol. The average Bonchev–Trinajstić information content (AvgIpc) is 3.23. The van der Waals surface area contributed by atoms with Gasteiger partial charge in [-0.1, -0.05) is 30.6 Å². The second kappa shape index (κ2) is 6.15. The zero-order valence-corrected chi connectivity index (χ0v) is 15.1. The molecule has 8 nitrogen and oxygen atoms in total. The van der Waals surface area contributed by atoms with Crippen molar-refractivity contribution >= 4 is 17.3 Å². The number of allylic oxidation sites excluding steroid dienone is 1. The summed E-state index contributed by atoms with van der Waals surface area (Å²) in [5.41, 5.74) is 9.56. The molecule has 0 bridgehead atoms. The van der Waals surface area contributed by atoms with Crippen molar-refractivity contribution in [2.24, 2.45) is 11.6 Å². The van der Waals surface area contributed by atoms with Crippen LogP contribution in [0, 0.1) is 0 Å². The molecule has 26 heavy (non-hydrogen) atoms. The first kappa shape index (κ1) is 16.6. The highest BCUT2D eigenvalue weighted by Gasteiger charge is 2.27. The molecule has 0 spiro atoms. The molecule has 2 aromatic heterocycles. The molecule has 1 aromatic carbocycles. The third-order valence-electron chi connectivity index (χ3n) is 4.33. The van der Waals surface area contributed by atoms with E-state index in [-0.39, 0.29) is 5.92 Å². The Morgan fingerprint density at radius 1 is 1.31 bits per heavy atom.